The minimum Gasteiger partial charge on any atom is -0.445 e. The molecule has 2 N–H and O–H groups in total. The van der Waals surface area contributed by atoms with Crippen molar-refractivity contribution in [1.82, 2.24) is 10.6 Å². The molecule has 5 nitrogen and oxygen atoms in total. The van der Waals surface area contributed by atoms with E-state index >= 15 is 0 Å². The Hall–Kier alpha value is -2.89. The molecule has 1 heterocycles. The molecule has 1 fully saturated rings. The first-order chi connectivity index (χ1) is 11.6. The summed E-state index contributed by atoms with van der Waals surface area (Å²) in [4.78, 5) is 23.7. The number of nitrogens with one attached hydrogen (secondary N) is 2. The lowest BCUT2D eigenvalue weighted by Crippen LogP contribution is -2.38. The van der Waals surface area contributed by atoms with Gasteiger partial charge >= 0.3 is 6.09 Å². The molecule has 2 aromatic rings. The molecule has 6 heteroatoms. The van der Waals surface area contributed by atoms with E-state index in [0.717, 1.165) is 11.1 Å². The van der Waals surface area contributed by atoms with Crippen LogP contribution in [0.2, 0.25) is 0 Å². The van der Waals surface area contributed by atoms with E-state index in [9.17, 15) is 14.0 Å². The predicted molar refractivity (Wildman–Crippen MR) is 85.5 cm³/mol. The second-order valence-electron chi connectivity index (χ2n) is 5.61. The lowest BCUT2D eigenvalue weighted by Gasteiger charge is -2.20. The third-order valence-electron chi connectivity index (χ3n) is 3.87. The Bertz CT molecular complexity index is 719. The van der Waals surface area contributed by atoms with Gasteiger partial charge in [0.25, 0.3) is 0 Å². The first-order valence-electron chi connectivity index (χ1n) is 7.64. The first-order valence-corrected chi connectivity index (χ1v) is 7.64. The highest BCUT2D eigenvalue weighted by Crippen LogP contribution is 2.24. The zero-order valence-corrected chi connectivity index (χ0v) is 12.9. The molecule has 0 radical (unpaired) electrons. The van der Waals surface area contributed by atoms with Gasteiger partial charge in [0.15, 0.2) is 0 Å². The van der Waals surface area contributed by atoms with Crippen molar-refractivity contribution in [1.29, 1.82) is 0 Å². The lowest BCUT2D eigenvalue weighted by molar-refractivity contribution is -0.119. The smallest absolute Gasteiger partial charge is 0.407 e. The molecule has 0 bridgehead atoms. The van der Waals surface area contributed by atoms with Crippen LogP contribution in [0.25, 0.3) is 0 Å². The highest BCUT2D eigenvalue weighted by Gasteiger charge is 2.34. The summed E-state index contributed by atoms with van der Waals surface area (Å²) in [6.07, 6.45) is -0.435. The van der Waals surface area contributed by atoms with Crippen LogP contribution in [-0.2, 0) is 16.1 Å². The van der Waals surface area contributed by atoms with Gasteiger partial charge in [-0.05, 0) is 23.3 Å². The number of halogens is 1. The number of hydrogen-bond acceptors (Lipinski definition) is 3. The van der Waals surface area contributed by atoms with Gasteiger partial charge in [-0.2, -0.15) is 0 Å². The number of alkyl carbamates (subject to hydrolysis) is 1. The van der Waals surface area contributed by atoms with E-state index in [1.807, 2.05) is 30.3 Å². The Balaban J connectivity index is 1.60. The molecular weight excluding hydrogens is 311 g/mol. The van der Waals surface area contributed by atoms with E-state index in [1.54, 1.807) is 12.1 Å². The molecule has 3 rings (SSSR count). The minimum absolute atomic E-state index is 0.155. The SMILES string of the molecule is O=C1CC(NC(=O)OCc2ccccc2)C(c2ccc(F)cc2)N1. The molecule has 1 aliphatic rings. The molecule has 124 valence electrons. The van der Waals surface area contributed by atoms with Crippen LogP contribution in [-0.4, -0.2) is 18.0 Å². The standard InChI is InChI=1S/C18H17FN2O3/c19-14-8-6-13(7-9-14)17-15(10-16(22)21-17)20-18(23)24-11-12-4-2-1-3-5-12/h1-9,15,17H,10-11H2,(H,20,23)(H,21,22). The van der Waals surface area contributed by atoms with Crippen LogP contribution >= 0.6 is 0 Å². The number of carbonyl (C=O) groups excluding carboxylic acids is 2. The summed E-state index contributed by atoms with van der Waals surface area (Å²) in [5, 5.41) is 5.49. The van der Waals surface area contributed by atoms with Crippen LogP contribution in [0.1, 0.15) is 23.6 Å². The average molecular weight is 328 g/mol. The van der Waals surface area contributed by atoms with E-state index in [1.165, 1.54) is 12.1 Å². The van der Waals surface area contributed by atoms with Crippen molar-refractivity contribution in [3.63, 3.8) is 0 Å². The van der Waals surface area contributed by atoms with Gasteiger partial charge in [-0.3, -0.25) is 4.79 Å². The van der Waals surface area contributed by atoms with E-state index in [-0.39, 0.29) is 24.8 Å². The van der Waals surface area contributed by atoms with Crippen molar-refractivity contribution in [2.45, 2.75) is 25.1 Å². The fraction of sp³-hybridized carbons (Fsp3) is 0.222. The normalized spacial score (nSPS) is 19.6. The van der Waals surface area contributed by atoms with Gasteiger partial charge in [0.2, 0.25) is 5.91 Å². The Kier molecular flexibility index (Phi) is 4.74. The molecule has 1 aliphatic heterocycles. The zero-order valence-electron chi connectivity index (χ0n) is 12.9. The molecule has 0 spiro atoms. The molecule has 0 aliphatic carbocycles. The summed E-state index contributed by atoms with van der Waals surface area (Å²) in [5.74, 6) is -0.521. The van der Waals surface area contributed by atoms with E-state index in [2.05, 4.69) is 10.6 Å². The molecule has 0 aromatic heterocycles. The maximum absolute atomic E-state index is 13.0. The topological polar surface area (TPSA) is 67.4 Å². The Labute approximate surface area is 138 Å². The maximum atomic E-state index is 13.0. The van der Waals surface area contributed by atoms with E-state index < -0.39 is 18.2 Å². The molecule has 2 unspecified atom stereocenters. The monoisotopic (exact) mass is 328 g/mol. The van der Waals surface area contributed by atoms with Gasteiger partial charge in [-0.25, -0.2) is 9.18 Å². The zero-order chi connectivity index (χ0) is 16.9. The molecule has 2 aromatic carbocycles. The first kappa shape index (κ1) is 16.0. The number of carbonyl (C=O) groups is 2. The van der Waals surface area contributed by atoms with Crippen LogP contribution < -0.4 is 10.6 Å². The summed E-state index contributed by atoms with van der Waals surface area (Å²) < 4.78 is 18.2. The molecule has 1 saturated heterocycles. The summed E-state index contributed by atoms with van der Waals surface area (Å²) in [6.45, 7) is 0.155. The van der Waals surface area contributed by atoms with Gasteiger partial charge in [0.05, 0.1) is 12.1 Å². The minimum atomic E-state index is -0.590. The number of ether oxygens (including phenoxy) is 1. The molecular formula is C18H17FN2O3. The third kappa shape index (κ3) is 3.90. The second kappa shape index (κ2) is 7.12. The van der Waals surface area contributed by atoms with Crippen LogP contribution in [0.15, 0.2) is 54.6 Å². The second-order valence-corrected chi connectivity index (χ2v) is 5.61. The van der Waals surface area contributed by atoms with E-state index in [0.29, 0.717) is 0 Å². The summed E-state index contributed by atoms with van der Waals surface area (Å²) in [6, 6.07) is 14.3. The van der Waals surface area contributed by atoms with Gasteiger partial charge < -0.3 is 15.4 Å². The van der Waals surface area contributed by atoms with E-state index in [4.69, 9.17) is 4.74 Å². The van der Waals surface area contributed by atoms with Gasteiger partial charge in [-0.15, -0.1) is 0 Å². The van der Waals surface area contributed by atoms with Crippen LogP contribution in [0.3, 0.4) is 0 Å². The summed E-state index contributed by atoms with van der Waals surface area (Å²) in [7, 11) is 0. The third-order valence-corrected chi connectivity index (χ3v) is 3.87. The fourth-order valence-electron chi connectivity index (χ4n) is 2.69. The largest absolute Gasteiger partial charge is 0.445 e. The van der Waals surface area contributed by atoms with Crippen LogP contribution in [0.5, 0.6) is 0 Å². The quantitative estimate of drug-likeness (QED) is 0.907. The van der Waals surface area contributed by atoms with Crippen molar-refractivity contribution >= 4 is 12.0 Å². The highest BCUT2D eigenvalue weighted by atomic mass is 19.1. The predicted octanol–water partition coefficient (Wildman–Crippen LogP) is 2.68. The van der Waals surface area contributed by atoms with Crippen molar-refractivity contribution in [2.75, 3.05) is 0 Å². The number of rotatable bonds is 4. The average Bonchev–Trinajstić information content (AvgIpc) is 2.95. The van der Waals surface area contributed by atoms with Crippen LogP contribution in [0, 0.1) is 5.82 Å². The lowest BCUT2D eigenvalue weighted by atomic mass is 10.0. The van der Waals surface area contributed by atoms with Crippen molar-refractivity contribution in [2.24, 2.45) is 0 Å². The van der Waals surface area contributed by atoms with Crippen molar-refractivity contribution < 1.29 is 18.7 Å². The highest BCUT2D eigenvalue weighted by molar-refractivity contribution is 5.81. The summed E-state index contributed by atoms with van der Waals surface area (Å²) in [5.41, 5.74) is 1.61. The molecule has 0 saturated carbocycles. The summed E-state index contributed by atoms with van der Waals surface area (Å²) >= 11 is 0. The Morgan fingerprint density at radius 3 is 2.58 bits per heavy atom. The fourth-order valence-corrected chi connectivity index (χ4v) is 2.69. The molecule has 24 heavy (non-hydrogen) atoms. The molecule has 2 atom stereocenters. The Morgan fingerprint density at radius 2 is 1.88 bits per heavy atom. The number of hydrogen-bond donors (Lipinski definition) is 2. The van der Waals surface area contributed by atoms with Gasteiger partial charge in [-0.1, -0.05) is 42.5 Å². The van der Waals surface area contributed by atoms with Crippen LogP contribution in [0.4, 0.5) is 9.18 Å². The van der Waals surface area contributed by atoms with Crippen molar-refractivity contribution in [3.05, 3.63) is 71.5 Å². The number of amides is 2. The maximum Gasteiger partial charge on any atom is 0.407 e. The van der Waals surface area contributed by atoms with Crippen molar-refractivity contribution in [3.8, 4) is 0 Å². The number of benzene rings is 2. The Morgan fingerprint density at radius 1 is 1.17 bits per heavy atom. The van der Waals surface area contributed by atoms with Gasteiger partial charge in [0, 0.05) is 6.42 Å². The molecule has 2 amide bonds. The van der Waals surface area contributed by atoms with Gasteiger partial charge in [0.1, 0.15) is 12.4 Å².